The molecule has 0 fully saturated rings. The van der Waals surface area contributed by atoms with E-state index >= 15 is 0 Å². The van der Waals surface area contributed by atoms with E-state index in [0.717, 1.165) is 11.0 Å². The molecule has 3 aromatic rings. The number of para-hydroxylation sites is 2. The van der Waals surface area contributed by atoms with Crippen LogP contribution in [0.3, 0.4) is 0 Å². The molecule has 0 saturated heterocycles. The Bertz CT molecular complexity index is 928. The number of aromatic nitrogens is 2. The molecule has 2 aromatic carbocycles. The maximum Gasteiger partial charge on any atom is 0.162 e. The van der Waals surface area contributed by atoms with Gasteiger partial charge in [-0.05, 0) is 30.3 Å². The maximum absolute atomic E-state index is 12.4. The molecule has 7 heteroatoms. The van der Waals surface area contributed by atoms with Crippen LogP contribution in [0.1, 0.15) is 18.2 Å². The van der Waals surface area contributed by atoms with Gasteiger partial charge in [0, 0.05) is 18.0 Å². The molecule has 2 N–H and O–H groups in total. The number of fused-ring (bicyclic) bond motifs is 1. The molecule has 0 aliphatic carbocycles. The summed E-state index contributed by atoms with van der Waals surface area (Å²) in [5.41, 5.74) is 2.18. The van der Waals surface area contributed by atoms with Crippen LogP contribution in [-0.4, -0.2) is 22.3 Å². The highest BCUT2D eigenvalue weighted by molar-refractivity contribution is 6.35. The van der Waals surface area contributed by atoms with Crippen LogP contribution in [0.25, 0.3) is 11.0 Å². The molecule has 25 heavy (non-hydrogen) atoms. The third-order valence-corrected chi connectivity index (χ3v) is 4.31. The Morgan fingerprint density at radius 2 is 2.08 bits per heavy atom. The number of Topliss-reactive ketones (excluding diaryl/α,β-unsaturated/α-hetero) is 1. The molecule has 0 aliphatic heterocycles. The van der Waals surface area contributed by atoms with Crippen LogP contribution in [0.4, 0.5) is 5.69 Å². The van der Waals surface area contributed by atoms with E-state index in [9.17, 15) is 10.1 Å². The van der Waals surface area contributed by atoms with Gasteiger partial charge in [0.2, 0.25) is 0 Å². The molecule has 126 valence electrons. The third-order valence-electron chi connectivity index (χ3n) is 3.75. The Kier molecular flexibility index (Phi) is 5.22. The Morgan fingerprint density at radius 1 is 1.28 bits per heavy atom. The van der Waals surface area contributed by atoms with E-state index in [0.29, 0.717) is 28.1 Å². The quantitative estimate of drug-likeness (QED) is 0.664. The summed E-state index contributed by atoms with van der Waals surface area (Å²) in [6, 6.07) is 14.5. The highest BCUT2D eigenvalue weighted by Gasteiger charge is 2.23. The van der Waals surface area contributed by atoms with E-state index in [4.69, 9.17) is 23.2 Å². The second-order valence-corrected chi connectivity index (χ2v) is 6.31. The van der Waals surface area contributed by atoms with E-state index in [1.54, 1.807) is 18.2 Å². The summed E-state index contributed by atoms with van der Waals surface area (Å²) in [5, 5.41) is 13.5. The van der Waals surface area contributed by atoms with Crippen molar-refractivity contribution in [3.05, 3.63) is 58.3 Å². The largest absolute Gasteiger partial charge is 0.383 e. The molecule has 1 unspecified atom stereocenters. The topological polar surface area (TPSA) is 81.6 Å². The maximum atomic E-state index is 12.4. The number of hydrogen-bond acceptors (Lipinski definition) is 4. The zero-order valence-corrected chi connectivity index (χ0v) is 14.6. The minimum Gasteiger partial charge on any atom is -0.383 e. The second kappa shape index (κ2) is 7.56. The predicted octanol–water partition coefficient (Wildman–Crippen LogP) is 4.55. The summed E-state index contributed by atoms with van der Waals surface area (Å²) in [5.74, 6) is -0.772. The SMILES string of the molecule is N#CC(C(=O)CCNc1cc(Cl)ccc1Cl)c1nc2ccccc2[nH]1. The van der Waals surface area contributed by atoms with Gasteiger partial charge < -0.3 is 10.3 Å². The van der Waals surface area contributed by atoms with Gasteiger partial charge in [-0.25, -0.2) is 4.98 Å². The molecule has 0 saturated carbocycles. The second-order valence-electron chi connectivity index (χ2n) is 5.47. The predicted molar refractivity (Wildman–Crippen MR) is 99.0 cm³/mol. The van der Waals surface area contributed by atoms with Crippen molar-refractivity contribution in [2.45, 2.75) is 12.3 Å². The Labute approximate surface area is 154 Å². The summed E-state index contributed by atoms with van der Waals surface area (Å²) in [6.45, 7) is 0.345. The average molecular weight is 373 g/mol. The monoisotopic (exact) mass is 372 g/mol. The van der Waals surface area contributed by atoms with Gasteiger partial charge in [0.15, 0.2) is 11.7 Å². The number of benzene rings is 2. The van der Waals surface area contributed by atoms with Crippen molar-refractivity contribution in [1.82, 2.24) is 9.97 Å². The van der Waals surface area contributed by atoms with Crippen LogP contribution < -0.4 is 5.32 Å². The fourth-order valence-electron chi connectivity index (χ4n) is 2.49. The van der Waals surface area contributed by atoms with Gasteiger partial charge in [-0.3, -0.25) is 4.79 Å². The van der Waals surface area contributed by atoms with Crippen molar-refractivity contribution in [3.63, 3.8) is 0 Å². The lowest BCUT2D eigenvalue weighted by molar-refractivity contribution is -0.119. The molecule has 0 bridgehead atoms. The van der Waals surface area contributed by atoms with Crippen molar-refractivity contribution in [1.29, 1.82) is 5.26 Å². The number of imidazole rings is 1. The number of carbonyl (C=O) groups excluding carboxylic acids is 1. The van der Waals surface area contributed by atoms with Crippen LogP contribution in [-0.2, 0) is 4.79 Å². The van der Waals surface area contributed by atoms with Crippen LogP contribution in [0.2, 0.25) is 10.0 Å². The number of H-pyrrole nitrogens is 1. The summed E-state index contributed by atoms with van der Waals surface area (Å²) >= 11 is 12.0. The van der Waals surface area contributed by atoms with Gasteiger partial charge in [-0.2, -0.15) is 5.26 Å². The normalized spacial score (nSPS) is 11.9. The zero-order valence-electron chi connectivity index (χ0n) is 13.1. The first-order valence-electron chi connectivity index (χ1n) is 7.64. The molecular formula is C18H14Cl2N4O. The number of aromatic amines is 1. The van der Waals surface area contributed by atoms with Crippen LogP contribution in [0.5, 0.6) is 0 Å². The number of rotatable bonds is 6. The number of ketones is 1. The van der Waals surface area contributed by atoms with E-state index < -0.39 is 5.92 Å². The van der Waals surface area contributed by atoms with Gasteiger partial charge in [0.05, 0.1) is 27.8 Å². The highest BCUT2D eigenvalue weighted by atomic mass is 35.5. The Balaban J connectivity index is 1.66. The molecule has 5 nitrogen and oxygen atoms in total. The van der Waals surface area contributed by atoms with Gasteiger partial charge in [-0.1, -0.05) is 35.3 Å². The van der Waals surface area contributed by atoms with Crippen molar-refractivity contribution >= 4 is 45.7 Å². The molecule has 3 rings (SSSR count). The number of nitriles is 1. The summed E-state index contributed by atoms with van der Waals surface area (Å²) in [6.07, 6.45) is 0.165. The Morgan fingerprint density at radius 3 is 2.84 bits per heavy atom. The number of nitrogens with zero attached hydrogens (tertiary/aromatic N) is 2. The minimum absolute atomic E-state index is 0.165. The first-order chi connectivity index (χ1) is 12.1. The van der Waals surface area contributed by atoms with Gasteiger partial charge in [0.1, 0.15) is 5.82 Å². The molecule has 0 aliphatic rings. The van der Waals surface area contributed by atoms with Crippen molar-refractivity contribution in [2.24, 2.45) is 0 Å². The van der Waals surface area contributed by atoms with Crippen molar-refractivity contribution < 1.29 is 4.79 Å². The Hall–Kier alpha value is -2.55. The summed E-state index contributed by atoms with van der Waals surface area (Å²) in [7, 11) is 0. The number of halogens is 2. The first kappa shape index (κ1) is 17.3. The number of nitrogens with one attached hydrogen (secondary N) is 2. The number of anilines is 1. The first-order valence-corrected chi connectivity index (χ1v) is 8.40. The number of carbonyl (C=O) groups is 1. The van der Waals surface area contributed by atoms with Gasteiger partial charge in [0.25, 0.3) is 0 Å². The molecule has 0 spiro atoms. The lowest BCUT2D eigenvalue weighted by Crippen LogP contribution is -2.16. The highest BCUT2D eigenvalue weighted by Crippen LogP contribution is 2.25. The van der Waals surface area contributed by atoms with E-state index in [2.05, 4.69) is 15.3 Å². The molecule has 0 amide bonds. The van der Waals surface area contributed by atoms with Crippen molar-refractivity contribution in [2.75, 3.05) is 11.9 Å². The van der Waals surface area contributed by atoms with Crippen LogP contribution in [0, 0.1) is 11.3 Å². The summed E-state index contributed by atoms with van der Waals surface area (Å²) < 4.78 is 0. The molecular weight excluding hydrogens is 359 g/mol. The van der Waals surface area contributed by atoms with Crippen LogP contribution >= 0.6 is 23.2 Å². The number of hydrogen-bond donors (Lipinski definition) is 2. The summed E-state index contributed by atoms with van der Waals surface area (Å²) in [4.78, 5) is 19.8. The average Bonchev–Trinajstić information content (AvgIpc) is 3.02. The fourth-order valence-corrected chi connectivity index (χ4v) is 2.85. The molecule has 1 atom stereocenters. The lowest BCUT2D eigenvalue weighted by Gasteiger charge is -2.09. The van der Waals surface area contributed by atoms with Gasteiger partial charge in [-0.15, -0.1) is 0 Å². The fraction of sp³-hybridized carbons (Fsp3) is 0.167. The molecule has 1 heterocycles. The van der Waals surface area contributed by atoms with E-state index in [1.807, 2.05) is 30.3 Å². The smallest absolute Gasteiger partial charge is 0.162 e. The minimum atomic E-state index is -0.927. The van der Waals surface area contributed by atoms with E-state index in [1.165, 1.54) is 0 Å². The van der Waals surface area contributed by atoms with E-state index in [-0.39, 0.29) is 12.2 Å². The standard InChI is InChI=1S/C18H14Cl2N4O/c19-11-5-6-13(20)16(9-11)22-8-7-17(25)12(10-21)18-23-14-3-1-2-4-15(14)24-18/h1-6,9,12,22H,7-8H2,(H,23,24). The zero-order chi connectivity index (χ0) is 17.8. The third kappa shape index (κ3) is 3.93. The van der Waals surface area contributed by atoms with Crippen molar-refractivity contribution in [3.8, 4) is 6.07 Å². The molecule has 1 aromatic heterocycles. The van der Waals surface area contributed by atoms with Crippen LogP contribution in [0.15, 0.2) is 42.5 Å². The lowest BCUT2D eigenvalue weighted by atomic mass is 10.0. The molecule has 0 radical (unpaired) electrons. The van der Waals surface area contributed by atoms with Gasteiger partial charge >= 0.3 is 0 Å².